The largest absolute Gasteiger partial charge is 0.301 e. The summed E-state index contributed by atoms with van der Waals surface area (Å²) in [6, 6.07) is 1.48. The predicted molar refractivity (Wildman–Crippen MR) is 85.8 cm³/mol. The molecule has 0 unspecified atom stereocenters. The lowest BCUT2D eigenvalue weighted by atomic mass is 10.2. The molecule has 0 aliphatic rings. The SMILES string of the molecule is CCCN(C(=O)CC)c1c([N+](=O)[O-])cc(S(C)(=O)=O)cc1[N+](=O)[O-]. The Bertz CT molecular complexity index is 754. The van der Waals surface area contributed by atoms with E-state index in [2.05, 4.69) is 0 Å². The summed E-state index contributed by atoms with van der Waals surface area (Å²) in [6.07, 6.45) is 1.19. The number of carbonyl (C=O) groups is 1. The smallest absolute Gasteiger partial charge is 0.301 e. The van der Waals surface area contributed by atoms with E-state index < -0.39 is 47.5 Å². The van der Waals surface area contributed by atoms with Gasteiger partial charge in [0.25, 0.3) is 0 Å². The first kappa shape index (κ1) is 19.5. The van der Waals surface area contributed by atoms with Crippen molar-refractivity contribution in [2.75, 3.05) is 17.7 Å². The second kappa shape index (κ2) is 7.34. The Kier molecular flexibility index (Phi) is 5.96. The zero-order chi connectivity index (χ0) is 18.7. The van der Waals surface area contributed by atoms with Crippen LogP contribution in [0.1, 0.15) is 26.7 Å². The van der Waals surface area contributed by atoms with Gasteiger partial charge in [0.05, 0.1) is 14.7 Å². The van der Waals surface area contributed by atoms with E-state index in [0.717, 1.165) is 23.3 Å². The minimum absolute atomic E-state index is 0.0118. The maximum absolute atomic E-state index is 12.1. The number of nitro groups is 2. The van der Waals surface area contributed by atoms with Crippen molar-refractivity contribution in [2.24, 2.45) is 0 Å². The van der Waals surface area contributed by atoms with Crippen molar-refractivity contribution >= 4 is 32.8 Å². The van der Waals surface area contributed by atoms with E-state index in [9.17, 15) is 33.4 Å². The van der Waals surface area contributed by atoms with Crippen LogP contribution in [0.25, 0.3) is 0 Å². The van der Waals surface area contributed by atoms with E-state index in [1.165, 1.54) is 6.92 Å². The van der Waals surface area contributed by atoms with Crippen LogP contribution in [-0.4, -0.2) is 37.0 Å². The maximum atomic E-state index is 12.1. The molecule has 0 heterocycles. The highest BCUT2D eigenvalue weighted by atomic mass is 32.2. The maximum Gasteiger partial charge on any atom is 0.301 e. The molecule has 0 saturated carbocycles. The fourth-order valence-corrected chi connectivity index (χ4v) is 2.78. The quantitative estimate of drug-likeness (QED) is 0.536. The lowest BCUT2D eigenvalue weighted by Gasteiger charge is -2.21. The third kappa shape index (κ3) is 4.04. The Morgan fingerprint density at radius 3 is 1.88 bits per heavy atom. The Labute approximate surface area is 138 Å². The minimum atomic E-state index is -3.91. The van der Waals surface area contributed by atoms with Gasteiger partial charge in [-0.25, -0.2) is 8.42 Å². The summed E-state index contributed by atoms with van der Waals surface area (Å²) >= 11 is 0. The van der Waals surface area contributed by atoms with Crippen LogP contribution in [-0.2, 0) is 14.6 Å². The number of anilines is 1. The van der Waals surface area contributed by atoms with Crippen molar-refractivity contribution in [3.05, 3.63) is 32.4 Å². The monoisotopic (exact) mass is 359 g/mol. The molecule has 1 amide bonds. The van der Waals surface area contributed by atoms with E-state index in [4.69, 9.17) is 0 Å². The highest BCUT2D eigenvalue weighted by Crippen LogP contribution is 2.40. The highest BCUT2D eigenvalue weighted by molar-refractivity contribution is 7.90. The zero-order valence-corrected chi connectivity index (χ0v) is 14.2. The minimum Gasteiger partial charge on any atom is -0.301 e. The average Bonchev–Trinajstić information content (AvgIpc) is 2.49. The van der Waals surface area contributed by atoms with E-state index >= 15 is 0 Å². The molecule has 0 aliphatic heterocycles. The molecule has 1 rings (SSSR count). The number of amides is 1. The van der Waals surface area contributed by atoms with Gasteiger partial charge < -0.3 is 4.90 Å². The van der Waals surface area contributed by atoms with Gasteiger partial charge in [-0.15, -0.1) is 0 Å². The summed E-state index contributed by atoms with van der Waals surface area (Å²) in [5.74, 6) is -0.532. The van der Waals surface area contributed by atoms with Gasteiger partial charge in [-0.3, -0.25) is 25.0 Å². The lowest BCUT2D eigenvalue weighted by molar-refractivity contribution is -0.393. The Balaban J connectivity index is 3.88. The Morgan fingerprint density at radius 2 is 1.58 bits per heavy atom. The summed E-state index contributed by atoms with van der Waals surface area (Å²) in [4.78, 5) is 33.3. The van der Waals surface area contributed by atoms with Gasteiger partial charge in [-0.05, 0) is 6.42 Å². The molecule has 0 atom stereocenters. The topological polar surface area (TPSA) is 141 Å². The first-order chi connectivity index (χ1) is 11.0. The molecule has 0 spiro atoms. The fraction of sp³-hybridized carbons (Fsp3) is 0.462. The fourth-order valence-electron chi connectivity index (χ4n) is 2.12. The highest BCUT2D eigenvalue weighted by Gasteiger charge is 2.34. The van der Waals surface area contributed by atoms with Crippen LogP contribution in [0.15, 0.2) is 17.0 Å². The molecule has 0 aromatic heterocycles. The zero-order valence-electron chi connectivity index (χ0n) is 13.4. The second-order valence-electron chi connectivity index (χ2n) is 5.00. The van der Waals surface area contributed by atoms with Crippen LogP contribution in [0.5, 0.6) is 0 Å². The molecule has 10 nitrogen and oxygen atoms in total. The summed E-state index contributed by atoms with van der Waals surface area (Å²) in [5, 5.41) is 22.7. The second-order valence-corrected chi connectivity index (χ2v) is 7.01. The van der Waals surface area contributed by atoms with E-state index in [0.29, 0.717) is 6.42 Å². The van der Waals surface area contributed by atoms with Crippen LogP contribution >= 0.6 is 0 Å². The van der Waals surface area contributed by atoms with Gasteiger partial charge in [0.1, 0.15) is 0 Å². The van der Waals surface area contributed by atoms with Crippen LogP contribution in [0.3, 0.4) is 0 Å². The molecular formula is C13H17N3O7S. The molecule has 0 aliphatic carbocycles. The van der Waals surface area contributed by atoms with E-state index in [1.807, 2.05) is 0 Å². The van der Waals surface area contributed by atoms with Crippen molar-refractivity contribution in [3.63, 3.8) is 0 Å². The van der Waals surface area contributed by atoms with Gasteiger partial charge in [0.2, 0.25) is 11.6 Å². The molecule has 0 fully saturated rings. The summed E-state index contributed by atoms with van der Waals surface area (Å²) in [5.41, 5.74) is -2.08. The molecule has 0 radical (unpaired) electrons. The number of sulfone groups is 1. The normalized spacial score (nSPS) is 11.1. The van der Waals surface area contributed by atoms with E-state index in [-0.39, 0.29) is 13.0 Å². The van der Waals surface area contributed by atoms with Gasteiger partial charge in [0, 0.05) is 31.4 Å². The number of benzene rings is 1. The average molecular weight is 359 g/mol. The molecule has 0 N–H and O–H groups in total. The standard InChI is InChI=1S/C13H17N3O7S/c1-4-6-14(12(17)5-2)13-10(15(18)19)7-9(24(3,22)23)8-11(13)16(20)21/h7-8H,4-6H2,1-3H3. The predicted octanol–water partition coefficient (Wildman–Crippen LogP) is 2.06. The van der Waals surface area contributed by atoms with Crippen molar-refractivity contribution in [3.8, 4) is 0 Å². The number of hydrogen-bond acceptors (Lipinski definition) is 7. The molecule has 24 heavy (non-hydrogen) atoms. The number of nitro benzene ring substituents is 2. The number of hydrogen-bond donors (Lipinski definition) is 0. The van der Waals surface area contributed by atoms with Crippen LogP contribution in [0, 0.1) is 20.2 Å². The first-order valence-electron chi connectivity index (χ1n) is 7.01. The number of rotatable bonds is 7. The third-order valence-corrected chi connectivity index (χ3v) is 4.28. The number of carbonyl (C=O) groups excluding carboxylic acids is 1. The van der Waals surface area contributed by atoms with Crippen molar-refractivity contribution < 1.29 is 23.1 Å². The molecule has 0 saturated heterocycles. The summed E-state index contributed by atoms with van der Waals surface area (Å²) in [7, 11) is -3.91. The van der Waals surface area contributed by atoms with Crippen LogP contribution in [0.4, 0.5) is 17.1 Å². The van der Waals surface area contributed by atoms with Crippen molar-refractivity contribution in [2.45, 2.75) is 31.6 Å². The summed E-state index contributed by atoms with van der Waals surface area (Å²) < 4.78 is 23.3. The number of nitrogens with zero attached hydrogens (tertiary/aromatic N) is 3. The lowest BCUT2D eigenvalue weighted by Crippen LogP contribution is -2.32. The molecule has 132 valence electrons. The van der Waals surface area contributed by atoms with Gasteiger partial charge in [0.15, 0.2) is 9.84 Å². The summed E-state index contributed by atoms with van der Waals surface area (Å²) in [6.45, 7) is 3.26. The first-order valence-corrected chi connectivity index (χ1v) is 8.90. The molecular weight excluding hydrogens is 342 g/mol. The van der Waals surface area contributed by atoms with Crippen LogP contribution in [0.2, 0.25) is 0 Å². The Morgan fingerprint density at radius 1 is 1.12 bits per heavy atom. The Hall–Kier alpha value is -2.56. The van der Waals surface area contributed by atoms with Crippen LogP contribution < -0.4 is 4.90 Å². The van der Waals surface area contributed by atoms with Gasteiger partial charge >= 0.3 is 11.4 Å². The van der Waals surface area contributed by atoms with Gasteiger partial charge in [-0.2, -0.15) is 0 Å². The third-order valence-electron chi connectivity index (χ3n) is 3.19. The van der Waals surface area contributed by atoms with E-state index in [1.54, 1.807) is 6.92 Å². The van der Waals surface area contributed by atoms with Gasteiger partial charge in [-0.1, -0.05) is 13.8 Å². The molecule has 11 heteroatoms. The molecule has 0 bridgehead atoms. The van der Waals surface area contributed by atoms with Crippen molar-refractivity contribution in [1.29, 1.82) is 0 Å². The van der Waals surface area contributed by atoms with Crippen molar-refractivity contribution in [1.82, 2.24) is 0 Å². The molecule has 1 aromatic rings. The molecule has 1 aromatic carbocycles.